The second-order valence-corrected chi connectivity index (χ2v) is 15.4. The topological polar surface area (TPSA) is 0 Å². The molecule has 0 saturated carbocycles. The summed E-state index contributed by atoms with van der Waals surface area (Å²) in [7, 11) is 0. The largest absolute Gasteiger partial charge is 0.108 e. The van der Waals surface area contributed by atoms with Crippen molar-refractivity contribution in [3.63, 3.8) is 0 Å². The molecule has 0 amide bonds. The van der Waals surface area contributed by atoms with Crippen LogP contribution >= 0.6 is 27.2 Å². The van der Waals surface area contributed by atoms with E-state index in [1.54, 1.807) is 0 Å². The molecule has 18 heavy (non-hydrogen) atoms. The van der Waals surface area contributed by atoms with Crippen LogP contribution in [0, 0.1) is 0 Å². The van der Waals surface area contributed by atoms with Gasteiger partial charge in [0.1, 0.15) is 0 Å². The van der Waals surface area contributed by atoms with Crippen molar-refractivity contribution >= 4 is 44.3 Å². The van der Waals surface area contributed by atoms with E-state index in [1.165, 1.54) is 10.9 Å². The number of benzene rings is 2. The molecule has 1 aliphatic heterocycles. The molecule has 1 heterocycles. The third kappa shape index (κ3) is 2.55. The van der Waals surface area contributed by atoms with E-state index in [0.717, 1.165) is 5.75 Å². The molecule has 0 radical (unpaired) electrons. The van der Waals surface area contributed by atoms with E-state index < -0.39 is 4.44 Å². The summed E-state index contributed by atoms with van der Waals surface area (Å²) in [5.74, 6) is 1.14. The first-order chi connectivity index (χ1) is 8.78. The van der Waals surface area contributed by atoms with Gasteiger partial charge < -0.3 is 0 Å². The first-order valence-electron chi connectivity index (χ1n) is 5.81. The lowest BCUT2D eigenvalue weighted by atomic mass is 10.2. The minimum absolute atomic E-state index is 0.558. The van der Waals surface area contributed by atoms with Gasteiger partial charge in [-0.3, -0.25) is 0 Å². The normalized spacial score (nSPS) is 27.2. The maximum atomic E-state index is 5.95. The smallest absolute Gasteiger partial charge is 0.0856 e. The summed E-state index contributed by atoms with van der Waals surface area (Å²) >= 11 is 9.95. The summed E-state index contributed by atoms with van der Waals surface area (Å²) in [5, 5.41) is 1.91. The van der Waals surface area contributed by atoms with Gasteiger partial charge in [-0.1, -0.05) is 72.5 Å². The summed E-state index contributed by atoms with van der Waals surface area (Å²) < 4.78 is -1.48. The zero-order valence-electron chi connectivity index (χ0n) is 9.73. The minimum Gasteiger partial charge on any atom is -0.108 e. The van der Waals surface area contributed by atoms with Crippen molar-refractivity contribution in [1.82, 2.24) is 0 Å². The Morgan fingerprint density at radius 1 is 0.944 bits per heavy atom. The molecule has 4 heteroatoms. The Bertz CT molecular complexity index is 568. The highest BCUT2D eigenvalue weighted by atomic mass is 33.2. The zero-order chi connectivity index (χ0) is 12.4. The van der Waals surface area contributed by atoms with E-state index in [9.17, 15) is 0 Å². The van der Waals surface area contributed by atoms with Gasteiger partial charge in [-0.05, 0) is 5.56 Å². The van der Waals surface area contributed by atoms with Crippen molar-refractivity contribution in [3.8, 4) is 0 Å². The molecule has 0 N–H and O–H groups in total. The van der Waals surface area contributed by atoms with Gasteiger partial charge in [0, 0.05) is 16.3 Å². The van der Waals surface area contributed by atoms with E-state index in [-0.39, 0.29) is 0 Å². The predicted octanol–water partition coefficient (Wildman–Crippen LogP) is 4.84. The van der Waals surface area contributed by atoms with E-state index >= 15 is 0 Å². The van der Waals surface area contributed by atoms with Gasteiger partial charge in [-0.15, -0.1) is 22.8 Å². The minimum atomic E-state index is -1.48. The molecule has 0 aliphatic carbocycles. The van der Waals surface area contributed by atoms with Crippen LogP contribution in [0.15, 0.2) is 60.7 Å². The summed E-state index contributed by atoms with van der Waals surface area (Å²) in [4.78, 5) is 0. The lowest BCUT2D eigenvalue weighted by molar-refractivity contribution is 1.13. The molecule has 3 rings (SSSR count). The van der Waals surface area contributed by atoms with Gasteiger partial charge in [0.25, 0.3) is 0 Å². The van der Waals surface area contributed by atoms with Gasteiger partial charge in [0.05, 0.1) is 4.44 Å². The van der Waals surface area contributed by atoms with E-state index in [1.807, 2.05) is 22.8 Å². The third-order valence-corrected chi connectivity index (χ3v) is 14.2. The van der Waals surface area contributed by atoms with Crippen LogP contribution in [0.2, 0.25) is 0 Å². The quantitative estimate of drug-likeness (QED) is 0.728. The molecule has 1 saturated heterocycles. The molecule has 0 aromatic heterocycles. The van der Waals surface area contributed by atoms with Gasteiger partial charge >= 0.3 is 0 Å². The summed E-state index contributed by atoms with van der Waals surface area (Å²) in [6, 6.07) is 21.4. The van der Waals surface area contributed by atoms with Crippen LogP contribution in [-0.2, 0) is 11.8 Å². The van der Waals surface area contributed by atoms with Crippen LogP contribution in [-0.4, -0.2) is 5.75 Å². The summed E-state index contributed by atoms with van der Waals surface area (Å²) in [5.41, 5.74) is 1.41. The van der Waals surface area contributed by atoms with Crippen LogP contribution in [0.25, 0.3) is 0 Å². The lowest BCUT2D eigenvalue weighted by Crippen LogP contribution is -1.96. The highest BCUT2D eigenvalue weighted by molar-refractivity contribution is 9.03. The fourth-order valence-electron chi connectivity index (χ4n) is 1.96. The fraction of sp³-hybridized carbons (Fsp3) is 0.143. The Kier molecular flexibility index (Phi) is 3.86. The SMILES string of the molecule is S=[P@]1(c2ccccc2)SC[C@H](c2ccccc2)S1. The van der Waals surface area contributed by atoms with Gasteiger partial charge in [0.2, 0.25) is 0 Å². The average Bonchev–Trinajstić information content (AvgIpc) is 2.85. The van der Waals surface area contributed by atoms with Gasteiger partial charge in [-0.2, -0.15) is 0 Å². The van der Waals surface area contributed by atoms with Crippen LogP contribution in [0.1, 0.15) is 10.8 Å². The van der Waals surface area contributed by atoms with Crippen LogP contribution < -0.4 is 5.30 Å². The molecule has 0 unspecified atom stereocenters. The lowest BCUT2D eigenvalue weighted by Gasteiger charge is -2.14. The van der Waals surface area contributed by atoms with Gasteiger partial charge in [-0.25, -0.2) is 0 Å². The summed E-state index contributed by atoms with van der Waals surface area (Å²) in [6.07, 6.45) is 0. The maximum Gasteiger partial charge on any atom is 0.0856 e. The summed E-state index contributed by atoms with van der Waals surface area (Å²) in [6.45, 7) is 0. The van der Waals surface area contributed by atoms with E-state index in [2.05, 4.69) is 60.7 Å². The molecule has 92 valence electrons. The third-order valence-electron chi connectivity index (χ3n) is 2.91. The second kappa shape index (κ2) is 5.42. The van der Waals surface area contributed by atoms with Crippen LogP contribution in [0.4, 0.5) is 0 Å². The van der Waals surface area contributed by atoms with E-state index in [4.69, 9.17) is 11.8 Å². The Labute approximate surface area is 121 Å². The Hall–Kier alpha value is -0.210. The number of rotatable bonds is 2. The standard InChI is InChI=1S/C14H13PS3/c16-15(13-9-5-2-6-10-13)17-11-14(18-15)12-7-3-1-4-8-12/h1-10,14H,11H2/t14-,15-/m1/s1. The molecule has 0 nitrogen and oxygen atoms in total. The fourth-order valence-corrected chi connectivity index (χ4v) is 13.3. The van der Waals surface area contributed by atoms with Crippen LogP contribution in [0.3, 0.4) is 0 Å². The first-order valence-corrected chi connectivity index (χ1v) is 11.7. The molecule has 0 bridgehead atoms. The highest BCUT2D eigenvalue weighted by Crippen LogP contribution is 2.78. The Morgan fingerprint density at radius 2 is 1.56 bits per heavy atom. The number of hydrogen-bond acceptors (Lipinski definition) is 3. The van der Waals surface area contributed by atoms with Crippen molar-refractivity contribution in [2.75, 3.05) is 5.75 Å². The second-order valence-electron chi connectivity index (χ2n) is 4.13. The Morgan fingerprint density at radius 3 is 2.22 bits per heavy atom. The zero-order valence-corrected chi connectivity index (χ0v) is 13.1. The van der Waals surface area contributed by atoms with E-state index in [0.29, 0.717) is 5.25 Å². The van der Waals surface area contributed by atoms with Crippen LogP contribution in [0.5, 0.6) is 0 Å². The van der Waals surface area contributed by atoms with Crippen molar-refractivity contribution < 1.29 is 0 Å². The molecular formula is C14H13PS3. The molecule has 2 aromatic rings. The first kappa shape index (κ1) is 12.8. The molecule has 2 aromatic carbocycles. The maximum absolute atomic E-state index is 5.95. The molecule has 1 aliphatic rings. The van der Waals surface area contributed by atoms with Crippen molar-refractivity contribution in [1.29, 1.82) is 0 Å². The van der Waals surface area contributed by atoms with Crippen molar-refractivity contribution in [3.05, 3.63) is 66.2 Å². The predicted molar refractivity (Wildman–Crippen MR) is 89.6 cm³/mol. The average molecular weight is 308 g/mol. The highest BCUT2D eigenvalue weighted by Gasteiger charge is 2.34. The monoisotopic (exact) mass is 308 g/mol. The molecule has 2 atom stereocenters. The van der Waals surface area contributed by atoms with Crippen molar-refractivity contribution in [2.24, 2.45) is 0 Å². The van der Waals surface area contributed by atoms with Gasteiger partial charge in [0.15, 0.2) is 0 Å². The number of hydrogen-bond donors (Lipinski definition) is 0. The molecule has 0 spiro atoms. The molecule has 1 fully saturated rings. The molecular weight excluding hydrogens is 295 g/mol. The van der Waals surface area contributed by atoms with Crippen molar-refractivity contribution in [2.45, 2.75) is 5.25 Å². The Balaban J connectivity index is 1.86.